The summed E-state index contributed by atoms with van der Waals surface area (Å²) >= 11 is 0. The minimum Gasteiger partial charge on any atom is -0.256 e. The first-order chi connectivity index (χ1) is 34.7. The van der Waals surface area contributed by atoms with Crippen LogP contribution in [0.1, 0.15) is 49.9 Å². The Bertz CT molecular complexity index is 3780. The van der Waals surface area contributed by atoms with Crippen LogP contribution >= 0.6 is 0 Å². The van der Waals surface area contributed by atoms with E-state index in [-0.39, 0.29) is 16.6 Å². The summed E-state index contributed by atoms with van der Waals surface area (Å²) in [6.07, 6.45) is 7.36. The normalized spacial score (nSPS) is 13.1. The van der Waals surface area contributed by atoms with E-state index in [9.17, 15) is 4.39 Å². The lowest BCUT2D eigenvalue weighted by molar-refractivity contribution is 0.550. The van der Waals surface area contributed by atoms with Gasteiger partial charge in [-0.1, -0.05) is 185 Å². The molecule has 4 nitrogen and oxygen atoms in total. The zero-order valence-corrected chi connectivity index (χ0v) is 40.2. The molecule has 0 fully saturated rings. The third-order valence-corrected chi connectivity index (χ3v) is 14.1. The first kappa shape index (κ1) is 44.8. The lowest BCUT2D eigenvalue weighted by Crippen LogP contribution is -2.25. The van der Waals surface area contributed by atoms with E-state index in [0.29, 0.717) is 0 Å². The fourth-order valence-electron chi connectivity index (χ4n) is 10.5. The summed E-state index contributed by atoms with van der Waals surface area (Å²) in [7, 11) is 0. The zero-order chi connectivity index (χ0) is 48.5. The molecule has 0 amide bonds. The van der Waals surface area contributed by atoms with Gasteiger partial charge in [0, 0.05) is 74.2 Å². The monoisotopic (exact) mass is 918 g/mol. The molecule has 0 bridgehead atoms. The van der Waals surface area contributed by atoms with Gasteiger partial charge in [-0.25, -0.2) is 4.39 Å². The molecule has 0 radical (unpaired) electrons. The largest absolute Gasteiger partial charge is 0.256 e. The Balaban J connectivity index is 0.000000103. The van der Waals surface area contributed by atoms with Crippen molar-refractivity contribution in [2.75, 3.05) is 0 Å². The molecule has 4 heterocycles. The Hall–Kier alpha value is -8.67. The van der Waals surface area contributed by atoms with Gasteiger partial charge in [0.15, 0.2) is 0 Å². The first-order valence-corrected chi connectivity index (χ1v) is 24.1. The van der Waals surface area contributed by atoms with Crippen molar-refractivity contribution in [2.45, 2.75) is 38.5 Å². The number of aromatic nitrogens is 4. The Labute approximate surface area is 414 Å². The Morgan fingerprint density at radius 1 is 0.324 bits per heavy atom. The second-order valence-corrected chi connectivity index (χ2v) is 19.1. The Kier molecular flexibility index (Phi) is 11.8. The Morgan fingerprint density at radius 3 is 1.31 bits per heavy atom. The van der Waals surface area contributed by atoms with Crippen LogP contribution in [0.3, 0.4) is 0 Å². The van der Waals surface area contributed by atoms with Gasteiger partial charge in [0.05, 0.1) is 22.8 Å². The number of halogens is 1. The van der Waals surface area contributed by atoms with Gasteiger partial charge in [-0.3, -0.25) is 19.9 Å². The molecule has 71 heavy (non-hydrogen) atoms. The van der Waals surface area contributed by atoms with E-state index in [4.69, 9.17) is 0 Å². The van der Waals surface area contributed by atoms with Gasteiger partial charge in [0.2, 0.25) is 0 Å². The van der Waals surface area contributed by atoms with E-state index in [1.807, 2.05) is 73.2 Å². The molecular weight excluding hydrogens is 868 g/mol. The van der Waals surface area contributed by atoms with Gasteiger partial charge < -0.3 is 0 Å². The summed E-state index contributed by atoms with van der Waals surface area (Å²) in [6, 6.07) is 72.4. The number of fused-ring (bicyclic) bond motifs is 6. The average molecular weight is 919 g/mol. The van der Waals surface area contributed by atoms with Crippen LogP contribution in [0, 0.1) is 5.82 Å². The summed E-state index contributed by atoms with van der Waals surface area (Å²) in [5.74, 6) is -0.152. The Morgan fingerprint density at radius 2 is 0.761 bits per heavy atom. The van der Waals surface area contributed by atoms with Crippen LogP contribution in [0.25, 0.3) is 88.1 Å². The third kappa shape index (κ3) is 8.40. The predicted molar refractivity (Wildman–Crippen MR) is 293 cm³/mol. The van der Waals surface area contributed by atoms with Gasteiger partial charge in [0.25, 0.3) is 0 Å². The molecule has 12 aromatic rings. The molecule has 0 N–H and O–H groups in total. The topological polar surface area (TPSA) is 51.6 Å². The van der Waals surface area contributed by atoms with Crippen molar-refractivity contribution in [3.05, 3.63) is 265 Å². The highest BCUT2D eigenvalue weighted by molar-refractivity contribution is 6.02. The summed E-state index contributed by atoms with van der Waals surface area (Å²) in [6.45, 7) is 8.77. The van der Waals surface area contributed by atoms with Crippen LogP contribution in [-0.2, 0) is 10.8 Å². The fraction of sp³-hybridized carbons (Fsp3) is 0.0909. The van der Waals surface area contributed by atoms with Crippen molar-refractivity contribution in [1.82, 2.24) is 19.9 Å². The summed E-state index contributed by atoms with van der Waals surface area (Å²) in [4.78, 5) is 17.9. The number of pyridine rings is 4. The quantitative estimate of drug-likeness (QED) is 0.173. The van der Waals surface area contributed by atoms with Crippen LogP contribution in [0.2, 0.25) is 0 Å². The highest BCUT2D eigenvalue weighted by Crippen LogP contribution is 2.49. The van der Waals surface area contributed by atoms with Gasteiger partial charge in [0.1, 0.15) is 5.82 Å². The minimum atomic E-state index is -0.351. The number of hydrogen-bond donors (Lipinski definition) is 0. The second kappa shape index (κ2) is 18.7. The molecule has 0 atom stereocenters. The van der Waals surface area contributed by atoms with Gasteiger partial charge in [-0.2, -0.15) is 0 Å². The van der Waals surface area contributed by atoms with Gasteiger partial charge in [-0.15, -0.1) is 0 Å². The van der Waals surface area contributed by atoms with E-state index < -0.39 is 0 Å². The number of benzene rings is 8. The van der Waals surface area contributed by atoms with Crippen molar-refractivity contribution < 1.29 is 4.39 Å². The van der Waals surface area contributed by atoms with Crippen LogP contribution in [-0.4, -0.2) is 19.9 Å². The minimum absolute atomic E-state index is 0.0339. The summed E-state index contributed by atoms with van der Waals surface area (Å²) in [5.41, 5.74) is 12.9. The molecule has 0 aliphatic heterocycles. The molecule has 0 spiro atoms. The molecule has 8 aromatic carbocycles. The van der Waals surface area contributed by atoms with Crippen molar-refractivity contribution in [1.29, 1.82) is 0 Å². The first-order valence-electron chi connectivity index (χ1n) is 24.1. The maximum absolute atomic E-state index is 14.4. The average Bonchev–Trinajstić information content (AvgIpc) is 3.42. The van der Waals surface area contributed by atoms with Crippen molar-refractivity contribution in [2.24, 2.45) is 0 Å². The molecular formula is C66H51FN4. The molecule has 0 saturated heterocycles. The smallest absolute Gasteiger partial charge is 0.127 e. The van der Waals surface area contributed by atoms with Crippen molar-refractivity contribution in [3.8, 4) is 45.0 Å². The van der Waals surface area contributed by atoms with Crippen LogP contribution in [0.15, 0.2) is 237 Å². The summed E-state index contributed by atoms with van der Waals surface area (Å²) < 4.78 is 14.4. The third-order valence-electron chi connectivity index (χ3n) is 14.1. The highest BCUT2D eigenvalue weighted by Gasteiger charge is 2.36. The lowest BCUT2D eigenvalue weighted by atomic mass is 9.69. The van der Waals surface area contributed by atoms with Crippen LogP contribution in [0.4, 0.5) is 4.39 Å². The standard InChI is InChI=1S/C18H14FN.C18H15N.2C15H11N/c1-18(2)13-7-3-5-11-9-10-20-17(15(11)13)12-6-4-8-14(19)16(12)18;1-18(2)14-8-4-3-7-13(14)17-16-12(10-11-19-17)6-5-9-15(16)18;2*1-2-6-13-11-14(9-8-12(13)5-1)15-7-3-4-10-16-15/h3-10H,1-2H3;3-11H,1-2H3;2*1-11H. The molecule has 4 aromatic heterocycles. The SMILES string of the molecule is CC1(C)c2c(F)cccc2-c2nccc3cccc1c23.CC1(C)c2ccccc2-c2nccc3cccc1c23.c1ccc(-c2ccc3ccccc3c2)nc1.c1ccc(-c2ccc3ccccc3c2)nc1. The van der Waals surface area contributed by atoms with Crippen molar-refractivity contribution in [3.63, 3.8) is 0 Å². The maximum atomic E-state index is 14.4. The van der Waals surface area contributed by atoms with Crippen LogP contribution in [0.5, 0.6) is 0 Å². The van der Waals surface area contributed by atoms with Crippen molar-refractivity contribution >= 4 is 43.1 Å². The van der Waals surface area contributed by atoms with Gasteiger partial charge in [-0.05, 0) is 104 Å². The molecule has 14 rings (SSSR count). The number of nitrogens with zero attached hydrogens (tertiary/aromatic N) is 4. The maximum Gasteiger partial charge on any atom is 0.127 e. The molecule has 2 aliphatic rings. The van der Waals surface area contributed by atoms with E-state index >= 15 is 0 Å². The fourth-order valence-corrected chi connectivity index (χ4v) is 10.5. The zero-order valence-electron chi connectivity index (χ0n) is 40.2. The number of rotatable bonds is 2. The second-order valence-electron chi connectivity index (χ2n) is 19.1. The van der Waals surface area contributed by atoms with E-state index in [2.05, 4.69) is 193 Å². The lowest BCUT2D eigenvalue weighted by Gasteiger charge is -2.34. The predicted octanol–water partition coefficient (Wildman–Crippen LogP) is 17.0. The summed E-state index contributed by atoms with van der Waals surface area (Å²) in [5, 5.41) is 9.95. The van der Waals surface area contributed by atoms with E-state index in [1.165, 1.54) is 66.2 Å². The van der Waals surface area contributed by atoms with E-state index in [0.717, 1.165) is 50.2 Å². The molecule has 0 saturated carbocycles. The van der Waals surface area contributed by atoms with E-state index in [1.54, 1.807) is 12.3 Å². The highest BCUT2D eigenvalue weighted by atomic mass is 19.1. The molecule has 5 heteroatoms. The molecule has 2 aliphatic carbocycles. The van der Waals surface area contributed by atoms with Gasteiger partial charge >= 0.3 is 0 Å². The number of hydrogen-bond acceptors (Lipinski definition) is 4. The molecule has 342 valence electrons. The van der Waals surface area contributed by atoms with Crippen LogP contribution < -0.4 is 0 Å². The molecule has 0 unspecified atom stereocenters.